The van der Waals surface area contributed by atoms with Crippen LogP contribution in [0.4, 0.5) is 5.69 Å². The first-order valence-electron chi connectivity index (χ1n) is 8.05. The molecule has 0 atom stereocenters. The molecule has 0 bridgehead atoms. The molecule has 118 valence electrons. The molecule has 1 aromatic rings. The van der Waals surface area contributed by atoms with Crippen LogP contribution in [0, 0.1) is 0 Å². The van der Waals surface area contributed by atoms with E-state index in [1.165, 1.54) is 11.3 Å². The Morgan fingerprint density at radius 1 is 1.14 bits per heavy atom. The fourth-order valence-electron chi connectivity index (χ4n) is 2.96. The van der Waals surface area contributed by atoms with E-state index < -0.39 is 5.60 Å². The quantitative estimate of drug-likeness (QED) is 0.873. The first-order valence-corrected chi connectivity index (χ1v) is 8.05. The zero-order valence-corrected chi connectivity index (χ0v) is 13.9. The number of likely N-dealkylation sites (N-methyl/N-ethyl adjacent to an activating group) is 1. The molecule has 1 aromatic carbocycles. The predicted octanol–water partition coefficient (Wildman–Crippen LogP) is 3.32. The fourth-order valence-corrected chi connectivity index (χ4v) is 2.96. The second-order valence-corrected chi connectivity index (χ2v) is 7.56. The summed E-state index contributed by atoms with van der Waals surface area (Å²) in [6, 6.07) is 8.64. The van der Waals surface area contributed by atoms with Gasteiger partial charge in [-0.15, -0.1) is 0 Å². The highest BCUT2D eigenvalue weighted by Crippen LogP contribution is 2.31. The molecule has 0 heterocycles. The van der Waals surface area contributed by atoms with Crippen LogP contribution in [0.2, 0.25) is 0 Å². The topological polar surface area (TPSA) is 35.5 Å². The molecule has 0 unspecified atom stereocenters. The minimum atomic E-state index is -0.485. The lowest BCUT2D eigenvalue weighted by molar-refractivity contribution is 0.0559. The lowest BCUT2D eigenvalue weighted by atomic mass is 10.0. The zero-order valence-electron chi connectivity index (χ0n) is 13.9. The molecular formula is C18H30N2O. The van der Waals surface area contributed by atoms with Gasteiger partial charge in [0.25, 0.3) is 0 Å². The molecule has 2 rings (SSSR count). The van der Waals surface area contributed by atoms with Crippen LogP contribution < -0.4 is 10.2 Å². The molecule has 1 saturated carbocycles. The van der Waals surface area contributed by atoms with Crippen LogP contribution in [0.5, 0.6) is 0 Å². The molecule has 0 radical (unpaired) electrons. The van der Waals surface area contributed by atoms with Gasteiger partial charge >= 0.3 is 0 Å². The summed E-state index contributed by atoms with van der Waals surface area (Å²) < 4.78 is 0. The molecule has 0 amide bonds. The number of nitrogens with one attached hydrogen (secondary N) is 1. The van der Waals surface area contributed by atoms with Crippen molar-refractivity contribution in [1.29, 1.82) is 0 Å². The van der Waals surface area contributed by atoms with E-state index in [0.29, 0.717) is 0 Å². The molecule has 2 N–H and O–H groups in total. The maximum atomic E-state index is 10.5. The standard InChI is InChI=1S/C18H30N2O/c1-17(2,3)19-13-15-7-9-16(10-8-15)20(4)14-18(21)11-5-6-12-18/h7-10,19,21H,5-6,11-14H2,1-4H3. The smallest absolute Gasteiger partial charge is 0.0821 e. The summed E-state index contributed by atoms with van der Waals surface area (Å²) in [5, 5.41) is 14.0. The molecule has 0 aromatic heterocycles. The van der Waals surface area contributed by atoms with Crippen LogP contribution in [-0.4, -0.2) is 29.8 Å². The van der Waals surface area contributed by atoms with Crippen molar-refractivity contribution in [2.24, 2.45) is 0 Å². The number of aliphatic hydroxyl groups is 1. The lowest BCUT2D eigenvalue weighted by Crippen LogP contribution is -2.39. The SMILES string of the molecule is CN(CC1(O)CCCC1)c1ccc(CNC(C)(C)C)cc1. The van der Waals surface area contributed by atoms with E-state index in [-0.39, 0.29) is 5.54 Å². The van der Waals surface area contributed by atoms with E-state index in [4.69, 9.17) is 0 Å². The molecule has 0 saturated heterocycles. The number of anilines is 1. The lowest BCUT2D eigenvalue weighted by Gasteiger charge is -2.30. The Balaban J connectivity index is 1.92. The average Bonchev–Trinajstić information content (AvgIpc) is 2.82. The van der Waals surface area contributed by atoms with Crippen LogP contribution in [0.25, 0.3) is 0 Å². The summed E-state index contributed by atoms with van der Waals surface area (Å²) in [6.45, 7) is 8.15. The minimum Gasteiger partial charge on any atom is -0.388 e. The molecule has 21 heavy (non-hydrogen) atoms. The third-order valence-corrected chi connectivity index (χ3v) is 4.27. The normalized spacial score (nSPS) is 18.0. The number of benzene rings is 1. The number of hydrogen-bond donors (Lipinski definition) is 2. The van der Waals surface area contributed by atoms with Gasteiger partial charge in [-0.3, -0.25) is 0 Å². The summed E-state index contributed by atoms with van der Waals surface area (Å²) >= 11 is 0. The summed E-state index contributed by atoms with van der Waals surface area (Å²) in [4.78, 5) is 2.17. The summed E-state index contributed by atoms with van der Waals surface area (Å²) in [5.41, 5.74) is 2.12. The van der Waals surface area contributed by atoms with Crippen molar-refractivity contribution in [2.45, 2.75) is 64.1 Å². The molecule has 3 heteroatoms. The second-order valence-electron chi connectivity index (χ2n) is 7.56. The Labute approximate surface area is 129 Å². The Morgan fingerprint density at radius 2 is 1.71 bits per heavy atom. The van der Waals surface area contributed by atoms with Crippen molar-refractivity contribution in [3.05, 3.63) is 29.8 Å². The van der Waals surface area contributed by atoms with Crippen molar-refractivity contribution in [3.8, 4) is 0 Å². The van der Waals surface area contributed by atoms with Crippen LogP contribution in [0.3, 0.4) is 0 Å². The first-order chi connectivity index (χ1) is 9.77. The van der Waals surface area contributed by atoms with E-state index in [0.717, 1.165) is 38.8 Å². The highest BCUT2D eigenvalue weighted by Gasteiger charge is 2.32. The monoisotopic (exact) mass is 290 g/mol. The van der Waals surface area contributed by atoms with Crippen LogP contribution in [-0.2, 0) is 6.54 Å². The van der Waals surface area contributed by atoms with Gasteiger partial charge in [-0.1, -0.05) is 25.0 Å². The summed E-state index contributed by atoms with van der Waals surface area (Å²) in [7, 11) is 2.07. The van der Waals surface area contributed by atoms with Gasteiger partial charge in [0.1, 0.15) is 0 Å². The highest BCUT2D eigenvalue weighted by molar-refractivity contribution is 5.47. The van der Waals surface area contributed by atoms with Crippen molar-refractivity contribution < 1.29 is 5.11 Å². The van der Waals surface area contributed by atoms with Crippen molar-refractivity contribution >= 4 is 5.69 Å². The van der Waals surface area contributed by atoms with E-state index in [1.54, 1.807) is 0 Å². The summed E-state index contributed by atoms with van der Waals surface area (Å²) in [6.07, 6.45) is 4.18. The molecule has 0 aliphatic heterocycles. The third-order valence-electron chi connectivity index (χ3n) is 4.27. The Bertz CT molecular complexity index is 441. The van der Waals surface area contributed by atoms with Crippen molar-refractivity contribution in [3.63, 3.8) is 0 Å². The number of rotatable bonds is 5. The van der Waals surface area contributed by atoms with Gasteiger partial charge < -0.3 is 15.3 Å². The van der Waals surface area contributed by atoms with Gasteiger partial charge in [-0.25, -0.2) is 0 Å². The number of hydrogen-bond acceptors (Lipinski definition) is 3. The van der Waals surface area contributed by atoms with Crippen LogP contribution >= 0.6 is 0 Å². The van der Waals surface area contributed by atoms with Gasteiger partial charge in [-0.2, -0.15) is 0 Å². The predicted molar refractivity (Wildman–Crippen MR) is 89.7 cm³/mol. The molecule has 1 aliphatic rings. The Morgan fingerprint density at radius 3 is 2.24 bits per heavy atom. The molecular weight excluding hydrogens is 260 g/mol. The van der Waals surface area contributed by atoms with E-state index >= 15 is 0 Å². The maximum Gasteiger partial charge on any atom is 0.0821 e. The average molecular weight is 290 g/mol. The molecule has 1 aliphatic carbocycles. The fraction of sp³-hybridized carbons (Fsp3) is 0.667. The van der Waals surface area contributed by atoms with Gasteiger partial charge in [0.2, 0.25) is 0 Å². The van der Waals surface area contributed by atoms with Crippen molar-refractivity contribution in [2.75, 3.05) is 18.5 Å². The largest absolute Gasteiger partial charge is 0.388 e. The van der Waals surface area contributed by atoms with E-state index in [9.17, 15) is 5.11 Å². The zero-order chi connectivity index (χ0) is 15.5. The van der Waals surface area contributed by atoms with Gasteiger partial charge in [0.05, 0.1) is 5.60 Å². The van der Waals surface area contributed by atoms with E-state index in [2.05, 4.69) is 62.3 Å². The Hall–Kier alpha value is -1.06. The van der Waals surface area contributed by atoms with Gasteiger partial charge in [0, 0.05) is 31.4 Å². The van der Waals surface area contributed by atoms with Crippen LogP contribution in [0.15, 0.2) is 24.3 Å². The summed E-state index contributed by atoms with van der Waals surface area (Å²) in [5.74, 6) is 0. The van der Waals surface area contributed by atoms with E-state index in [1.807, 2.05) is 0 Å². The molecule has 3 nitrogen and oxygen atoms in total. The molecule has 0 spiro atoms. The highest BCUT2D eigenvalue weighted by atomic mass is 16.3. The maximum absolute atomic E-state index is 10.5. The minimum absolute atomic E-state index is 0.140. The number of nitrogens with zero attached hydrogens (tertiary/aromatic N) is 1. The third kappa shape index (κ3) is 5.01. The molecule has 1 fully saturated rings. The van der Waals surface area contributed by atoms with Gasteiger partial charge in [-0.05, 0) is 51.3 Å². The Kier molecular flexibility index (Phi) is 4.95. The van der Waals surface area contributed by atoms with Crippen LogP contribution in [0.1, 0.15) is 52.0 Å². The first kappa shape index (κ1) is 16.3. The van der Waals surface area contributed by atoms with Crippen molar-refractivity contribution in [1.82, 2.24) is 5.32 Å². The van der Waals surface area contributed by atoms with Gasteiger partial charge in [0.15, 0.2) is 0 Å². The second kappa shape index (κ2) is 6.37.